The summed E-state index contributed by atoms with van der Waals surface area (Å²) in [4.78, 5) is 4.03. The van der Waals surface area contributed by atoms with Crippen molar-refractivity contribution in [3.8, 4) is 0 Å². The Bertz CT molecular complexity index is 494. The van der Waals surface area contributed by atoms with Crippen molar-refractivity contribution >= 4 is 0 Å². The van der Waals surface area contributed by atoms with E-state index in [0.29, 0.717) is 12.8 Å². The van der Waals surface area contributed by atoms with Crippen molar-refractivity contribution in [2.45, 2.75) is 25.4 Å². The maximum absolute atomic E-state index is 12.8. The molecule has 1 aromatic carbocycles. The quantitative estimate of drug-likeness (QED) is 0.898. The van der Waals surface area contributed by atoms with Gasteiger partial charge in [0.15, 0.2) is 0 Å². The van der Waals surface area contributed by atoms with E-state index in [4.69, 9.17) is 0 Å². The van der Waals surface area contributed by atoms with Crippen molar-refractivity contribution in [2.24, 2.45) is 0 Å². The molecule has 18 heavy (non-hydrogen) atoms. The van der Waals surface area contributed by atoms with E-state index in [2.05, 4.69) is 4.98 Å². The molecule has 0 spiro atoms. The molecule has 0 saturated heterocycles. The average molecular weight is 245 g/mol. The first-order chi connectivity index (χ1) is 8.55. The Morgan fingerprint density at radius 3 is 2.39 bits per heavy atom. The van der Waals surface area contributed by atoms with Crippen LogP contribution in [0.4, 0.5) is 4.39 Å². The minimum atomic E-state index is -0.860. The molecule has 1 N–H and O–H groups in total. The van der Waals surface area contributed by atoms with Crippen LogP contribution >= 0.6 is 0 Å². The highest BCUT2D eigenvalue weighted by atomic mass is 19.1. The fourth-order valence-electron chi connectivity index (χ4n) is 2.05. The molecule has 0 aliphatic carbocycles. The summed E-state index contributed by atoms with van der Waals surface area (Å²) in [6, 6.07) is 10.0. The molecule has 1 aromatic heterocycles. The topological polar surface area (TPSA) is 33.1 Å². The lowest BCUT2D eigenvalue weighted by Gasteiger charge is -2.23. The predicted molar refractivity (Wildman–Crippen MR) is 68.7 cm³/mol. The molecule has 0 radical (unpaired) electrons. The largest absolute Gasteiger partial charge is 0.389 e. The Labute approximate surface area is 106 Å². The molecule has 94 valence electrons. The van der Waals surface area contributed by atoms with Crippen molar-refractivity contribution in [1.29, 1.82) is 0 Å². The van der Waals surface area contributed by atoms with E-state index in [9.17, 15) is 9.50 Å². The zero-order valence-corrected chi connectivity index (χ0v) is 10.3. The van der Waals surface area contributed by atoms with Crippen molar-refractivity contribution in [3.05, 3.63) is 65.7 Å². The van der Waals surface area contributed by atoms with Gasteiger partial charge in [-0.15, -0.1) is 0 Å². The van der Waals surface area contributed by atoms with Gasteiger partial charge in [0, 0.05) is 25.2 Å². The van der Waals surface area contributed by atoms with Crippen molar-refractivity contribution < 1.29 is 9.50 Å². The van der Waals surface area contributed by atoms with E-state index in [0.717, 1.165) is 11.1 Å². The van der Waals surface area contributed by atoms with Gasteiger partial charge < -0.3 is 5.11 Å². The minimum Gasteiger partial charge on any atom is -0.389 e. The Hall–Kier alpha value is -1.74. The summed E-state index contributed by atoms with van der Waals surface area (Å²) in [5, 5.41) is 10.4. The first-order valence-corrected chi connectivity index (χ1v) is 5.91. The number of aromatic nitrogens is 1. The van der Waals surface area contributed by atoms with E-state index in [1.54, 1.807) is 31.5 Å². The van der Waals surface area contributed by atoms with E-state index in [1.165, 1.54) is 12.1 Å². The lowest BCUT2D eigenvalue weighted by molar-refractivity contribution is 0.0607. The highest BCUT2D eigenvalue weighted by molar-refractivity contribution is 5.20. The van der Waals surface area contributed by atoms with Crippen molar-refractivity contribution in [1.82, 2.24) is 4.98 Å². The lowest BCUT2D eigenvalue weighted by Crippen LogP contribution is -2.30. The molecule has 2 nitrogen and oxygen atoms in total. The zero-order valence-electron chi connectivity index (χ0n) is 10.3. The van der Waals surface area contributed by atoms with Gasteiger partial charge in [0.25, 0.3) is 0 Å². The van der Waals surface area contributed by atoms with Crippen LogP contribution in [0.25, 0.3) is 0 Å². The molecule has 0 amide bonds. The minimum absolute atomic E-state index is 0.259. The second-order valence-corrected chi connectivity index (χ2v) is 4.84. The van der Waals surface area contributed by atoms with Gasteiger partial charge in [-0.05, 0) is 36.2 Å². The van der Waals surface area contributed by atoms with Gasteiger partial charge in [0.05, 0.1) is 5.60 Å². The number of hydrogen-bond donors (Lipinski definition) is 1. The van der Waals surface area contributed by atoms with Crippen molar-refractivity contribution in [3.63, 3.8) is 0 Å². The predicted octanol–water partition coefficient (Wildman–Crippen LogP) is 2.76. The van der Waals surface area contributed by atoms with Crippen LogP contribution in [-0.4, -0.2) is 15.7 Å². The number of aliphatic hydroxyl groups is 1. The third-order valence-electron chi connectivity index (χ3n) is 2.81. The van der Waals surface area contributed by atoms with Gasteiger partial charge >= 0.3 is 0 Å². The van der Waals surface area contributed by atoms with Gasteiger partial charge in [-0.1, -0.05) is 18.2 Å². The number of rotatable bonds is 4. The van der Waals surface area contributed by atoms with Gasteiger partial charge in [-0.3, -0.25) is 4.98 Å². The number of pyridine rings is 1. The highest BCUT2D eigenvalue weighted by Gasteiger charge is 2.21. The first kappa shape index (κ1) is 12.7. The van der Waals surface area contributed by atoms with Crippen LogP contribution in [0.2, 0.25) is 0 Å². The summed E-state index contributed by atoms with van der Waals surface area (Å²) in [5.74, 6) is -0.259. The zero-order chi connectivity index (χ0) is 13.0. The van der Waals surface area contributed by atoms with Gasteiger partial charge in [-0.2, -0.15) is 0 Å². The molecule has 0 bridgehead atoms. The molecule has 0 fully saturated rings. The Kier molecular flexibility index (Phi) is 3.72. The molecule has 1 unspecified atom stereocenters. The third kappa shape index (κ3) is 3.64. The standard InChI is InChI=1S/C15H16FNO/c1-15(18,10-13-3-2-8-17-11-13)9-12-4-6-14(16)7-5-12/h2-8,11,18H,9-10H2,1H3. The van der Waals surface area contributed by atoms with Crippen LogP contribution in [0.15, 0.2) is 48.8 Å². The molecule has 0 saturated carbocycles. The molecule has 2 rings (SSSR count). The number of benzene rings is 1. The number of hydrogen-bond acceptors (Lipinski definition) is 2. The molecular formula is C15H16FNO. The monoisotopic (exact) mass is 245 g/mol. The summed E-state index contributed by atoms with van der Waals surface area (Å²) in [7, 11) is 0. The van der Waals surface area contributed by atoms with Gasteiger partial charge in [0.2, 0.25) is 0 Å². The SMILES string of the molecule is CC(O)(Cc1ccc(F)cc1)Cc1cccnc1. The van der Waals surface area contributed by atoms with Gasteiger partial charge in [0.1, 0.15) is 5.82 Å². The molecule has 0 aliphatic rings. The molecule has 2 aromatic rings. The number of halogens is 1. The Balaban J connectivity index is 2.05. The van der Waals surface area contributed by atoms with Crippen LogP contribution < -0.4 is 0 Å². The van der Waals surface area contributed by atoms with Crippen LogP contribution in [0.1, 0.15) is 18.1 Å². The summed E-state index contributed by atoms with van der Waals surface area (Å²) >= 11 is 0. The Morgan fingerprint density at radius 1 is 1.11 bits per heavy atom. The molecule has 1 heterocycles. The van der Waals surface area contributed by atoms with Crippen LogP contribution in [0, 0.1) is 5.82 Å². The second-order valence-electron chi connectivity index (χ2n) is 4.84. The maximum atomic E-state index is 12.8. The normalized spacial score (nSPS) is 14.2. The first-order valence-electron chi connectivity index (χ1n) is 5.91. The second kappa shape index (κ2) is 5.27. The lowest BCUT2D eigenvalue weighted by atomic mass is 9.90. The molecule has 0 aliphatic heterocycles. The van der Waals surface area contributed by atoms with Crippen LogP contribution in [0.3, 0.4) is 0 Å². The Morgan fingerprint density at radius 2 is 1.78 bits per heavy atom. The number of nitrogens with zero attached hydrogens (tertiary/aromatic N) is 1. The van der Waals surface area contributed by atoms with E-state index < -0.39 is 5.60 Å². The average Bonchev–Trinajstić information content (AvgIpc) is 2.32. The fourth-order valence-corrected chi connectivity index (χ4v) is 2.05. The summed E-state index contributed by atoms with van der Waals surface area (Å²) in [5.41, 5.74) is 1.05. The molecular weight excluding hydrogens is 229 g/mol. The highest BCUT2D eigenvalue weighted by Crippen LogP contribution is 2.18. The van der Waals surface area contributed by atoms with Crippen molar-refractivity contribution in [2.75, 3.05) is 0 Å². The molecule has 1 atom stereocenters. The van der Waals surface area contributed by atoms with Gasteiger partial charge in [-0.25, -0.2) is 4.39 Å². The van der Waals surface area contributed by atoms with E-state index in [-0.39, 0.29) is 5.82 Å². The van der Waals surface area contributed by atoms with Crippen LogP contribution in [0.5, 0.6) is 0 Å². The van der Waals surface area contributed by atoms with Crippen LogP contribution in [-0.2, 0) is 12.8 Å². The molecule has 3 heteroatoms. The summed E-state index contributed by atoms with van der Waals surface area (Å²) in [6.07, 6.45) is 4.47. The summed E-state index contributed by atoms with van der Waals surface area (Å²) in [6.45, 7) is 1.78. The maximum Gasteiger partial charge on any atom is 0.123 e. The third-order valence-corrected chi connectivity index (χ3v) is 2.81. The fraction of sp³-hybridized carbons (Fsp3) is 0.267. The smallest absolute Gasteiger partial charge is 0.123 e. The summed E-state index contributed by atoms with van der Waals surface area (Å²) < 4.78 is 12.8. The van der Waals surface area contributed by atoms with E-state index in [1.807, 2.05) is 12.1 Å². The van der Waals surface area contributed by atoms with E-state index >= 15 is 0 Å².